The first kappa shape index (κ1) is 18.0. The molecule has 5 nitrogen and oxygen atoms in total. The van der Waals surface area contributed by atoms with Gasteiger partial charge in [-0.05, 0) is 27.7 Å². The van der Waals surface area contributed by atoms with Crippen molar-refractivity contribution in [1.82, 2.24) is 10.3 Å². The average Bonchev–Trinajstić information content (AvgIpc) is 2.33. The molecule has 1 N–H and O–H groups in total. The van der Waals surface area contributed by atoms with Crippen molar-refractivity contribution in [2.75, 3.05) is 0 Å². The summed E-state index contributed by atoms with van der Waals surface area (Å²) in [5.41, 5.74) is -0.753. The number of nitrogens with one attached hydrogen (secondary N) is 1. The van der Waals surface area contributed by atoms with Gasteiger partial charge in [-0.3, -0.25) is 4.79 Å². The van der Waals surface area contributed by atoms with Crippen LogP contribution < -0.4 is 5.32 Å². The third kappa shape index (κ3) is 5.02. The standard InChI is InChI=1S/C13H15Cl3N2O3/c1-6(12(20)21-13(2,3)4)18-11(19)10-9(16)8(15)7(14)5-17-10/h5-6H,1-4H3,(H,18,19)/t6-/m0/s1. The lowest BCUT2D eigenvalue weighted by molar-refractivity contribution is -0.156. The lowest BCUT2D eigenvalue weighted by Gasteiger charge is -2.22. The van der Waals surface area contributed by atoms with E-state index in [9.17, 15) is 9.59 Å². The van der Waals surface area contributed by atoms with Crippen molar-refractivity contribution >= 4 is 46.7 Å². The normalized spacial score (nSPS) is 12.7. The van der Waals surface area contributed by atoms with E-state index in [1.165, 1.54) is 13.1 Å². The number of aromatic nitrogens is 1. The molecule has 0 aromatic carbocycles. The van der Waals surface area contributed by atoms with Crippen molar-refractivity contribution < 1.29 is 14.3 Å². The summed E-state index contributed by atoms with van der Waals surface area (Å²) in [7, 11) is 0. The number of carbonyl (C=O) groups is 2. The van der Waals surface area contributed by atoms with Gasteiger partial charge >= 0.3 is 5.97 Å². The molecule has 0 bridgehead atoms. The van der Waals surface area contributed by atoms with Gasteiger partial charge < -0.3 is 10.1 Å². The number of hydrogen-bond donors (Lipinski definition) is 1. The van der Waals surface area contributed by atoms with E-state index in [0.29, 0.717) is 0 Å². The van der Waals surface area contributed by atoms with Gasteiger partial charge in [-0.2, -0.15) is 0 Å². The van der Waals surface area contributed by atoms with Crippen molar-refractivity contribution in [1.29, 1.82) is 0 Å². The number of hydrogen-bond acceptors (Lipinski definition) is 4. The minimum Gasteiger partial charge on any atom is -0.458 e. The van der Waals surface area contributed by atoms with Crippen molar-refractivity contribution in [2.24, 2.45) is 0 Å². The molecule has 0 saturated heterocycles. The van der Waals surface area contributed by atoms with Gasteiger partial charge in [0, 0.05) is 6.20 Å². The second kappa shape index (κ2) is 6.81. The Labute approximate surface area is 137 Å². The Morgan fingerprint density at radius 2 is 1.81 bits per heavy atom. The first-order valence-electron chi connectivity index (χ1n) is 6.06. The Hall–Kier alpha value is -1.04. The summed E-state index contributed by atoms with van der Waals surface area (Å²) >= 11 is 17.5. The third-order valence-corrected chi connectivity index (χ3v) is 3.48. The highest BCUT2D eigenvalue weighted by Gasteiger charge is 2.25. The third-order valence-electron chi connectivity index (χ3n) is 2.24. The summed E-state index contributed by atoms with van der Waals surface area (Å²) in [5.74, 6) is -1.20. The number of esters is 1. The first-order chi connectivity index (χ1) is 9.53. The highest BCUT2D eigenvalue weighted by molar-refractivity contribution is 6.48. The van der Waals surface area contributed by atoms with Crippen LogP contribution in [0.2, 0.25) is 15.1 Å². The van der Waals surface area contributed by atoms with Gasteiger partial charge in [-0.1, -0.05) is 34.8 Å². The van der Waals surface area contributed by atoms with Gasteiger partial charge in [0.2, 0.25) is 0 Å². The zero-order chi connectivity index (χ0) is 16.4. The zero-order valence-electron chi connectivity index (χ0n) is 12.0. The molecule has 116 valence electrons. The number of amides is 1. The van der Waals surface area contributed by atoms with E-state index in [1.807, 2.05) is 0 Å². The number of pyridine rings is 1. The molecule has 0 radical (unpaired) electrons. The molecule has 1 rings (SSSR count). The molecule has 0 fully saturated rings. The number of rotatable bonds is 3. The van der Waals surface area contributed by atoms with Crippen LogP contribution in [0.3, 0.4) is 0 Å². The highest BCUT2D eigenvalue weighted by Crippen LogP contribution is 2.31. The maximum Gasteiger partial charge on any atom is 0.328 e. The van der Waals surface area contributed by atoms with E-state index >= 15 is 0 Å². The van der Waals surface area contributed by atoms with E-state index < -0.39 is 23.5 Å². The van der Waals surface area contributed by atoms with Gasteiger partial charge in [0.05, 0.1) is 15.1 Å². The summed E-state index contributed by atoms with van der Waals surface area (Å²) in [6.45, 7) is 6.70. The van der Waals surface area contributed by atoms with E-state index in [1.54, 1.807) is 20.8 Å². The van der Waals surface area contributed by atoms with E-state index in [-0.39, 0.29) is 20.8 Å². The smallest absolute Gasteiger partial charge is 0.328 e. The molecule has 0 unspecified atom stereocenters. The van der Waals surface area contributed by atoms with Gasteiger partial charge in [0.25, 0.3) is 5.91 Å². The largest absolute Gasteiger partial charge is 0.458 e. The van der Waals surface area contributed by atoms with Crippen LogP contribution in [0.5, 0.6) is 0 Å². The van der Waals surface area contributed by atoms with Gasteiger partial charge in [-0.15, -0.1) is 0 Å². The minimum atomic E-state index is -0.857. The van der Waals surface area contributed by atoms with Crippen LogP contribution >= 0.6 is 34.8 Å². The lowest BCUT2D eigenvalue weighted by Crippen LogP contribution is -2.42. The monoisotopic (exact) mass is 352 g/mol. The van der Waals surface area contributed by atoms with Crippen LogP contribution in [0, 0.1) is 0 Å². The lowest BCUT2D eigenvalue weighted by atomic mass is 10.2. The minimum absolute atomic E-state index is 0.0309. The Kier molecular flexibility index (Phi) is 5.84. The molecule has 1 heterocycles. The second-order valence-electron chi connectivity index (χ2n) is 5.31. The van der Waals surface area contributed by atoms with Gasteiger partial charge in [0.15, 0.2) is 0 Å². The maximum atomic E-state index is 12.0. The molecule has 1 aromatic rings. The summed E-state index contributed by atoms with van der Waals surface area (Å²) in [4.78, 5) is 27.6. The second-order valence-corrected chi connectivity index (χ2v) is 6.47. The Bertz CT molecular complexity index is 571. The molecule has 0 spiro atoms. The Balaban J connectivity index is 2.82. The van der Waals surface area contributed by atoms with E-state index in [4.69, 9.17) is 39.5 Å². The number of ether oxygens (including phenoxy) is 1. The predicted molar refractivity (Wildman–Crippen MR) is 82.0 cm³/mol. The molecule has 8 heteroatoms. The Morgan fingerprint density at radius 3 is 2.33 bits per heavy atom. The fourth-order valence-electron chi connectivity index (χ4n) is 1.32. The SMILES string of the molecule is C[C@H](NC(=O)c1ncc(Cl)c(Cl)c1Cl)C(=O)OC(C)(C)C. The first-order valence-corrected chi connectivity index (χ1v) is 7.19. The molecule has 21 heavy (non-hydrogen) atoms. The molecule has 1 aromatic heterocycles. The maximum absolute atomic E-state index is 12.0. The fourth-order valence-corrected chi connectivity index (χ4v) is 1.88. The quantitative estimate of drug-likeness (QED) is 0.844. The molecule has 0 aliphatic carbocycles. The molecule has 0 aliphatic rings. The van der Waals surface area contributed by atoms with E-state index in [0.717, 1.165) is 0 Å². The fraction of sp³-hybridized carbons (Fsp3) is 0.462. The summed E-state index contributed by atoms with van der Waals surface area (Å²) in [5, 5.41) is 2.54. The summed E-state index contributed by atoms with van der Waals surface area (Å²) < 4.78 is 5.16. The van der Waals surface area contributed by atoms with Crippen LogP contribution in [-0.2, 0) is 9.53 Å². The van der Waals surface area contributed by atoms with Gasteiger partial charge in [-0.25, -0.2) is 9.78 Å². The van der Waals surface area contributed by atoms with E-state index in [2.05, 4.69) is 10.3 Å². The van der Waals surface area contributed by atoms with Crippen molar-refractivity contribution in [3.8, 4) is 0 Å². The Morgan fingerprint density at radius 1 is 1.24 bits per heavy atom. The average molecular weight is 354 g/mol. The summed E-state index contributed by atoms with van der Waals surface area (Å²) in [6, 6.07) is -0.857. The van der Waals surface area contributed by atoms with Crippen LogP contribution in [0.1, 0.15) is 38.2 Å². The van der Waals surface area contributed by atoms with Crippen LogP contribution in [0.25, 0.3) is 0 Å². The van der Waals surface area contributed by atoms with Crippen molar-refractivity contribution in [3.63, 3.8) is 0 Å². The zero-order valence-corrected chi connectivity index (χ0v) is 14.2. The topological polar surface area (TPSA) is 68.3 Å². The molecular formula is C13H15Cl3N2O3. The van der Waals surface area contributed by atoms with Gasteiger partial charge in [0.1, 0.15) is 17.3 Å². The van der Waals surface area contributed by atoms with Crippen LogP contribution in [-0.4, -0.2) is 28.5 Å². The molecular weight excluding hydrogens is 339 g/mol. The van der Waals surface area contributed by atoms with Crippen LogP contribution in [0.4, 0.5) is 0 Å². The molecule has 0 aliphatic heterocycles. The van der Waals surface area contributed by atoms with Crippen LogP contribution in [0.15, 0.2) is 6.20 Å². The number of nitrogens with zero attached hydrogens (tertiary/aromatic N) is 1. The molecule has 0 saturated carbocycles. The molecule has 1 amide bonds. The van der Waals surface area contributed by atoms with Crippen molar-refractivity contribution in [2.45, 2.75) is 39.3 Å². The predicted octanol–water partition coefficient (Wildman–Crippen LogP) is 3.50. The number of halogens is 3. The highest BCUT2D eigenvalue weighted by atomic mass is 35.5. The van der Waals surface area contributed by atoms with Crippen molar-refractivity contribution in [3.05, 3.63) is 27.0 Å². The molecule has 1 atom stereocenters. The number of carbonyl (C=O) groups excluding carboxylic acids is 2. The summed E-state index contributed by atoms with van der Waals surface area (Å²) in [6.07, 6.45) is 1.21.